The molecular weight excluding hydrogens is 502 g/mol. The van der Waals surface area contributed by atoms with Crippen LogP contribution in [-0.2, 0) is 19.0 Å². The lowest BCUT2D eigenvalue weighted by Crippen LogP contribution is -2.60. The van der Waals surface area contributed by atoms with E-state index in [4.69, 9.17) is 14.2 Å². The fourth-order valence-corrected chi connectivity index (χ4v) is 8.60. The van der Waals surface area contributed by atoms with Crippen molar-refractivity contribution >= 4 is 5.97 Å². The first-order valence-electron chi connectivity index (χ1n) is 15.4. The number of carbonyl (C=O) groups excluding carboxylic acids is 1. The van der Waals surface area contributed by atoms with Gasteiger partial charge in [-0.15, -0.1) is 0 Å². The Morgan fingerprint density at radius 1 is 1.10 bits per heavy atom. The highest BCUT2D eigenvalue weighted by atomic mass is 16.6. The second kappa shape index (κ2) is 11.0. The third kappa shape index (κ3) is 4.61. The van der Waals surface area contributed by atoms with E-state index in [1.807, 2.05) is 0 Å². The summed E-state index contributed by atoms with van der Waals surface area (Å²) >= 11 is 0. The maximum absolute atomic E-state index is 12.4. The molecule has 1 saturated carbocycles. The first kappa shape index (κ1) is 27.6. The third-order valence-electron chi connectivity index (χ3n) is 10.4. The molecule has 0 aromatic heterocycles. The van der Waals surface area contributed by atoms with Crippen LogP contribution in [0.2, 0.25) is 0 Å². The van der Waals surface area contributed by atoms with Crippen LogP contribution in [0.25, 0.3) is 0 Å². The number of fused-ring (bicyclic) bond motifs is 4. The summed E-state index contributed by atoms with van der Waals surface area (Å²) in [6.45, 7) is 9.37. The van der Waals surface area contributed by atoms with E-state index >= 15 is 0 Å². The molecule has 2 saturated heterocycles. The standard InChI is InChI=1S/C34H45NO5/c1-19(2)13-16-27(36)30-24-15-14-23(22-10-7-6-8-11-22)25(24)18-26-29-20(3)32(39-28(29)12-9-17-35(26)30)33-31(38-5)21(4)34(37)40-33/h6-8,10-12,19-20,23-27,29-30,36H,9,13-18H2,1-5H3/b33-32+/t20-,23+,24-,25+,26-,27-,29+,30-/m0/s1. The predicted octanol–water partition coefficient (Wildman–Crippen LogP) is 6.30. The zero-order valence-electron chi connectivity index (χ0n) is 24.6. The normalized spacial score (nSPS) is 36.4. The molecule has 6 heteroatoms. The number of allylic oxidation sites excluding steroid dienone is 1. The highest BCUT2D eigenvalue weighted by Crippen LogP contribution is 2.57. The van der Waals surface area contributed by atoms with Gasteiger partial charge in [-0.1, -0.05) is 51.1 Å². The molecule has 0 amide bonds. The second-order valence-corrected chi connectivity index (χ2v) is 13.0. The number of nitrogens with zero attached hydrogens (tertiary/aromatic N) is 1. The quantitative estimate of drug-likeness (QED) is 0.422. The molecule has 1 aromatic rings. The van der Waals surface area contributed by atoms with Crippen LogP contribution >= 0.6 is 0 Å². The van der Waals surface area contributed by atoms with Crippen molar-refractivity contribution < 1.29 is 24.1 Å². The molecule has 0 spiro atoms. The van der Waals surface area contributed by atoms with Gasteiger partial charge in [-0.2, -0.15) is 0 Å². The largest absolute Gasteiger partial charge is 0.492 e. The minimum absolute atomic E-state index is 0.0253. The molecule has 3 fully saturated rings. The molecule has 1 N–H and O–H groups in total. The van der Waals surface area contributed by atoms with Gasteiger partial charge in [0.1, 0.15) is 5.76 Å². The van der Waals surface area contributed by atoms with Gasteiger partial charge in [0.15, 0.2) is 11.5 Å². The van der Waals surface area contributed by atoms with Gasteiger partial charge in [0.25, 0.3) is 0 Å². The van der Waals surface area contributed by atoms with Crippen LogP contribution in [0, 0.1) is 29.6 Å². The Balaban J connectivity index is 1.38. The molecule has 1 aliphatic carbocycles. The highest BCUT2D eigenvalue weighted by molar-refractivity contribution is 5.93. The highest BCUT2D eigenvalue weighted by Gasteiger charge is 2.56. The van der Waals surface area contributed by atoms with E-state index in [1.54, 1.807) is 14.0 Å². The molecule has 8 atom stereocenters. The van der Waals surface area contributed by atoms with Crippen LogP contribution < -0.4 is 0 Å². The summed E-state index contributed by atoms with van der Waals surface area (Å²) in [5.41, 5.74) is 1.92. The fraction of sp³-hybridized carbons (Fsp3) is 0.618. The van der Waals surface area contributed by atoms with Crippen molar-refractivity contribution in [3.05, 3.63) is 70.6 Å². The summed E-state index contributed by atoms with van der Waals surface area (Å²) in [6, 6.07) is 11.4. The zero-order valence-corrected chi connectivity index (χ0v) is 24.6. The molecule has 0 radical (unpaired) electrons. The van der Waals surface area contributed by atoms with Crippen molar-refractivity contribution in [3.8, 4) is 0 Å². The molecule has 40 heavy (non-hydrogen) atoms. The zero-order chi connectivity index (χ0) is 28.1. The molecule has 4 aliphatic heterocycles. The lowest BCUT2D eigenvalue weighted by atomic mass is 9.68. The lowest BCUT2D eigenvalue weighted by Gasteiger charge is -2.52. The van der Waals surface area contributed by atoms with Gasteiger partial charge < -0.3 is 19.3 Å². The summed E-state index contributed by atoms with van der Waals surface area (Å²) in [6.07, 6.45) is 8.10. The second-order valence-electron chi connectivity index (χ2n) is 13.0. The van der Waals surface area contributed by atoms with Gasteiger partial charge in [0.2, 0.25) is 5.76 Å². The number of rotatable bonds is 6. The van der Waals surface area contributed by atoms with Crippen molar-refractivity contribution in [1.82, 2.24) is 4.90 Å². The Morgan fingerprint density at radius 2 is 1.88 bits per heavy atom. The Bertz CT molecular complexity index is 1220. The maximum Gasteiger partial charge on any atom is 0.343 e. The number of carbonyl (C=O) groups is 1. The van der Waals surface area contributed by atoms with Gasteiger partial charge in [-0.3, -0.25) is 4.90 Å². The van der Waals surface area contributed by atoms with Crippen LogP contribution in [-0.4, -0.2) is 47.8 Å². The molecule has 6 nitrogen and oxygen atoms in total. The van der Waals surface area contributed by atoms with Crippen LogP contribution in [0.15, 0.2) is 65.0 Å². The third-order valence-corrected chi connectivity index (χ3v) is 10.4. The van der Waals surface area contributed by atoms with Crippen molar-refractivity contribution in [2.75, 3.05) is 13.7 Å². The van der Waals surface area contributed by atoms with Gasteiger partial charge in [0.05, 0.1) is 18.8 Å². The smallest absolute Gasteiger partial charge is 0.343 e. The van der Waals surface area contributed by atoms with Gasteiger partial charge >= 0.3 is 5.97 Å². The summed E-state index contributed by atoms with van der Waals surface area (Å²) < 4.78 is 17.9. The van der Waals surface area contributed by atoms with E-state index in [0.717, 1.165) is 38.0 Å². The molecule has 4 heterocycles. The average molecular weight is 548 g/mol. The Hall–Kier alpha value is -2.57. The topological polar surface area (TPSA) is 68.2 Å². The number of esters is 1. The first-order chi connectivity index (χ1) is 19.3. The van der Waals surface area contributed by atoms with E-state index in [2.05, 4.69) is 62.1 Å². The van der Waals surface area contributed by atoms with Crippen LogP contribution in [0.1, 0.15) is 77.7 Å². The van der Waals surface area contributed by atoms with E-state index < -0.39 is 0 Å². The molecule has 5 aliphatic rings. The van der Waals surface area contributed by atoms with Crippen LogP contribution in [0.3, 0.4) is 0 Å². The molecule has 6 rings (SSSR count). The molecule has 216 valence electrons. The van der Waals surface area contributed by atoms with E-state index in [0.29, 0.717) is 46.5 Å². The van der Waals surface area contributed by atoms with Gasteiger partial charge in [-0.25, -0.2) is 4.79 Å². The number of aliphatic hydroxyl groups excluding tert-OH is 1. The van der Waals surface area contributed by atoms with Crippen LogP contribution in [0.5, 0.6) is 0 Å². The number of hydrogen-bond donors (Lipinski definition) is 1. The summed E-state index contributed by atoms with van der Waals surface area (Å²) in [5, 5.41) is 11.8. The molecule has 0 bridgehead atoms. The van der Waals surface area contributed by atoms with Gasteiger partial charge in [-0.05, 0) is 80.8 Å². The van der Waals surface area contributed by atoms with Gasteiger partial charge in [0, 0.05) is 30.5 Å². The number of aliphatic hydroxyl groups is 1. The Labute approximate surface area is 239 Å². The molecular formula is C34H45NO5. The number of ether oxygens (including phenoxy) is 3. The first-order valence-corrected chi connectivity index (χ1v) is 15.4. The summed E-state index contributed by atoms with van der Waals surface area (Å²) in [5.74, 6) is 4.48. The number of piperidine rings is 1. The SMILES string of the molecule is COC1=C(C)C(=O)O/C1=C1/OC2=CCCN3[C@H]([C@@H](O)CCC(C)C)[C@H]4CC[C@H](c5ccccc5)[C@H]4C[C@H]3[C@H]2[C@@H]1C. The fourth-order valence-electron chi connectivity index (χ4n) is 8.60. The van der Waals surface area contributed by atoms with Crippen molar-refractivity contribution in [1.29, 1.82) is 0 Å². The molecule has 1 aromatic carbocycles. The number of methoxy groups -OCH3 is 1. The number of benzene rings is 1. The summed E-state index contributed by atoms with van der Waals surface area (Å²) in [4.78, 5) is 15.1. The predicted molar refractivity (Wildman–Crippen MR) is 154 cm³/mol. The van der Waals surface area contributed by atoms with Crippen molar-refractivity contribution in [2.24, 2.45) is 29.6 Å². The van der Waals surface area contributed by atoms with E-state index in [9.17, 15) is 9.90 Å². The average Bonchev–Trinajstić information content (AvgIpc) is 3.55. The van der Waals surface area contributed by atoms with E-state index in [-0.39, 0.29) is 36.0 Å². The maximum atomic E-state index is 12.4. The van der Waals surface area contributed by atoms with Crippen LogP contribution in [0.4, 0.5) is 0 Å². The summed E-state index contributed by atoms with van der Waals surface area (Å²) in [7, 11) is 1.58. The number of cyclic esters (lactones) is 1. The van der Waals surface area contributed by atoms with Crippen molar-refractivity contribution in [3.63, 3.8) is 0 Å². The Morgan fingerprint density at radius 3 is 2.60 bits per heavy atom. The number of hydrogen-bond acceptors (Lipinski definition) is 6. The van der Waals surface area contributed by atoms with Crippen molar-refractivity contribution in [2.45, 2.75) is 90.3 Å². The minimum Gasteiger partial charge on any atom is -0.492 e. The lowest BCUT2D eigenvalue weighted by molar-refractivity contribution is -0.133. The monoisotopic (exact) mass is 547 g/mol. The minimum atomic E-state index is -0.372. The van der Waals surface area contributed by atoms with E-state index in [1.165, 1.54) is 18.4 Å². The Kier molecular flexibility index (Phi) is 7.60. The molecule has 0 unspecified atom stereocenters.